The number of piperazine rings is 1. The van der Waals surface area contributed by atoms with Gasteiger partial charge in [0.1, 0.15) is 5.75 Å². The van der Waals surface area contributed by atoms with E-state index in [1.54, 1.807) is 12.1 Å². The van der Waals surface area contributed by atoms with Crippen LogP contribution in [0.25, 0.3) is 0 Å². The summed E-state index contributed by atoms with van der Waals surface area (Å²) in [4.78, 5) is 4.85. The van der Waals surface area contributed by atoms with Crippen LogP contribution in [0, 0.1) is 0 Å². The highest BCUT2D eigenvalue weighted by atomic mass is 35.5. The molecule has 0 atom stereocenters. The minimum atomic E-state index is 0.339. The fraction of sp³-hybridized carbons (Fsp3) is 0.571. The molecule has 1 fully saturated rings. The molecule has 0 aliphatic carbocycles. The molecule has 1 aliphatic rings. The van der Waals surface area contributed by atoms with Crippen LogP contribution >= 0.6 is 11.6 Å². The SMILES string of the molecule is CC(C)N1CCN(Cc2cc(Cl)ccc2O)CC1. The summed E-state index contributed by atoms with van der Waals surface area (Å²) in [6.45, 7) is 9.53. The highest BCUT2D eigenvalue weighted by Gasteiger charge is 2.19. The predicted molar refractivity (Wildman–Crippen MR) is 75.1 cm³/mol. The van der Waals surface area contributed by atoms with E-state index in [2.05, 4.69) is 23.6 Å². The lowest BCUT2D eigenvalue weighted by molar-refractivity contribution is 0.103. The Bertz CT molecular complexity index is 401. The fourth-order valence-corrected chi connectivity index (χ4v) is 2.55. The molecule has 100 valence electrons. The first kappa shape index (κ1) is 13.7. The van der Waals surface area contributed by atoms with Crippen LogP contribution in [-0.4, -0.2) is 47.1 Å². The summed E-state index contributed by atoms with van der Waals surface area (Å²) in [5.74, 6) is 0.339. The smallest absolute Gasteiger partial charge is 0.120 e. The van der Waals surface area contributed by atoms with Gasteiger partial charge in [-0.1, -0.05) is 11.6 Å². The molecule has 3 nitrogen and oxygen atoms in total. The van der Waals surface area contributed by atoms with Crippen molar-refractivity contribution in [2.75, 3.05) is 26.2 Å². The first-order valence-corrected chi connectivity index (χ1v) is 6.88. The lowest BCUT2D eigenvalue weighted by Gasteiger charge is -2.37. The number of phenolic OH excluding ortho intramolecular Hbond substituents is 1. The van der Waals surface area contributed by atoms with E-state index in [-0.39, 0.29) is 0 Å². The molecule has 0 bridgehead atoms. The van der Waals surface area contributed by atoms with E-state index < -0.39 is 0 Å². The van der Waals surface area contributed by atoms with E-state index >= 15 is 0 Å². The van der Waals surface area contributed by atoms with E-state index in [9.17, 15) is 5.11 Å². The van der Waals surface area contributed by atoms with Crippen LogP contribution in [0.5, 0.6) is 5.75 Å². The molecule has 4 heteroatoms. The molecule has 0 saturated carbocycles. The van der Waals surface area contributed by atoms with Gasteiger partial charge >= 0.3 is 0 Å². The summed E-state index contributed by atoms with van der Waals surface area (Å²) in [7, 11) is 0. The van der Waals surface area contributed by atoms with Gasteiger partial charge < -0.3 is 5.11 Å². The van der Waals surface area contributed by atoms with E-state index in [1.807, 2.05) is 6.07 Å². The lowest BCUT2D eigenvalue weighted by Crippen LogP contribution is -2.48. The molecule has 1 aromatic rings. The van der Waals surface area contributed by atoms with Crippen molar-refractivity contribution in [2.45, 2.75) is 26.4 Å². The Kier molecular flexibility index (Phi) is 4.49. The molecule has 0 spiro atoms. The van der Waals surface area contributed by atoms with E-state index in [4.69, 9.17) is 11.6 Å². The maximum Gasteiger partial charge on any atom is 0.120 e. The second-order valence-electron chi connectivity index (χ2n) is 5.18. The van der Waals surface area contributed by atoms with Gasteiger partial charge in [0.25, 0.3) is 0 Å². The monoisotopic (exact) mass is 268 g/mol. The Morgan fingerprint density at radius 2 is 1.89 bits per heavy atom. The molecule has 1 N–H and O–H groups in total. The largest absolute Gasteiger partial charge is 0.508 e. The molecule has 0 unspecified atom stereocenters. The summed E-state index contributed by atoms with van der Waals surface area (Å²) in [6, 6.07) is 5.86. The van der Waals surface area contributed by atoms with Crippen molar-refractivity contribution >= 4 is 11.6 Å². The van der Waals surface area contributed by atoms with Gasteiger partial charge in [0.15, 0.2) is 0 Å². The number of benzene rings is 1. The minimum Gasteiger partial charge on any atom is -0.508 e. The van der Waals surface area contributed by atoms with Crippen molar-refractivity contribution in [3.05, 3.63) is 28.8 Å². The van der Waals surface area contributed by atoms with Crippen LogP contribution in [0.3, 0.4) is 0 Å². The predicted octanol–water partition coefficient (Wildman–Crippen LogP) is 2.57. The number of phenols is 1. The number of aromatic hydroxyl groups is 1. The number of nitrogens with zero attached hydrogens (tertiary/aromatic N) is 2. The molecule has 0 radical (unpaired) electrons. The Morgan fingerprint density at radius 3 is 2.50 bits per heavy atom. The molecule has 1 heterocycles. The third-order valence-corrected chi connectivity index (χ3v) is 3.81. The van der Waals surface area contributed by atoms with Crippen molar-refractivity contribution in [3.63, 3.8) is 0 Å². The molecule has 18 heavy (non-hydrogen) atoms. The van der Waals surface area contributed by atoms with Gasteiger partial charge in [-0.3, -0.25) is 9.80 Å². The highest BCUT2D eigenvalue weighted by molar-refractivity contribution is 6.30. The standard InChI is InChI=1S/C14H21ClN2O/c1-11(2)17-7-5-16(6-8-17)10-12-9-13(15)3-4-14(12)18/h3-4,9,11,18H,5-8,10H2,1-2H3. The summed E-state index contributed by atoms with van der Waals surface area (Å²) in [5, 5.41) is 10.5. The summed E-state index contributed by atoms with van der Waals surface area (Å²) < 4.78 is 0. The minimum absolute atomic E-state index is 0.339. The zero-order valence-electron chi connectivity index (χ0n) is 11.1. The first-order valence-electron chi connectivity index (χ1n) is 6.50. The fourth-order valence-electron chi connectivity index (χ4n) is 2.36. The van der Waals surface area contributed by atoms with Crippen LogP contribution in [0.1, 0.15) is 19.4 Å². The topological polar surface area (TPSA) is 26.7 Å². The van der Waals surface area contributed by atoms with Crippen molar-refractivity contribution in [2.24, 2.45) is 0 Å². The first-order chi connectivity index (χ1) is 8.56. The summed E-state index contributed by atoms with van der Waals surface area (Å²) in [6.07, 6.45) is 0. The van der Waals surface area contributed by atoms with E-state index in [0.29, 0.717) is 16.8 Å². The maximum absolute atomic E-state index is 9.81. The van der Waals surface area contributed by atoms with Gasteiger partial charge in [-0.25, -0.2) is 0 Å². The summed E-state index contributed by atoms with van der Waals surface area (Å²) >= 11 is 5.96. The molecular formula is C14H21ClN2O. The Labute approximate surface area is 114 Å². The average molecular weight is 269 g/mol. The third kappa shape index (κ3) is 3.37. The quantitative estimate of drug-likeness (QED) is 0.913. The van der Waals surface area contributed by atoms with Crippen LogP contribution in [-0.2, 0) is 6.54 Å². The normalized spacial score (nSPS) is 18.4. The van der Waals surface area contributed by atoms with Crippen molar-refractivity contribution in [1.29, 1.82) is 0 Å². The Morgan fingerprint density at radius 1 is 1.22 bits per heavy atom. The number of halogens is 1. The highest BCUT2D eigenvalue weighted by Crippen LogP contribution is 2.23. The number of hydrogen-bond acceptors (Lipinski definition) is 3. The van der Waals surface area contributed by atoms with Crippen LogP contribution in [0.2, 0.25) is 5.02 Å². The molecular weight excluding hydrogens is 248 g/mol. The second-order valence-corrected chi connectivity index (χ2v) is 5.62. The van der Waals surface area contributed by atoms with Gasteiger partial charge in [0, 0.05) is 49.4 Å². The molecule has 1 saturated heterocycles. The molecule has 0 aromatic heterocycles. The third-order valence-electron chi connectivity index (χ3n) is 3.57. The van der Waals surface area contributed by atoms with Gasteiger partial charge in [-0.2, -0.15) is 0 Å². The molecule has 2 rings (SSSR count). The Hall–Kier alpha value is -0.770. The number of rotatable bonds is 3. The summed E-state index contributed by atoms with van der Waals surface area (Å²) in [5.41, 5.74) is 0.917. The Balaban J connectivity index is 1.93. The van der Waals surface area contributed by atoms with Crippen molar-refractivity contribution < 1.29 is 5.11 Å². The maximum atomic E-state index is 9.81. The van der Waals surface area contributed by atoms with E-state index in [0.717, 1.165) is 38.3 Å². The van der Waals surface area contributed by atoms with Crippen LogP contribution < -0.4 is 0 Å². The zero-order chi connectivity index (χ0) is 13.1. The lowest BCUT2D eigenvalue weighted by atomic mass is 10.1. The zero-order valence-corrected chi connectivity index (χ0v) is 11.8. The van der Waals surface area contributed by atoms with Gasteiger partial charge in [0.05, 0.1) is 0 Å². The van der Waals surface area contributed by atoms with Crippen LogP contribution in [0.15, 0.2) is 18.2 Å². The number of hydrogen-bond donors (Lipinski definition) is 1. The average Bonchev–Trinajstić information content (AvgIpc) is 2.34. The van der Waals surface area contributed by atoms with Crippen molar-refractivity contribution in [3.8, 4) is 5.75 Å². The second kappa shape index (κ2) is 5.91. The molecule has 1 aliphatic heterocycles. The van der Waals surface area contributed by atoms with Gasteiger partial charge in [-0.05, 0) is 32.0 Å². The van der Waals surface area contributed by atoms with E-state index in [1.165, 1.54) is 0 Å². The van der Waals surface area contributed by atoms with Gasteiger partial charge in [-0.15, -0.1) is 0 Å². The van der Waals surface area contributed by atoms with Crippen LogP contribution in [0.4, 0.5) is 0 Å². The molecule has 1 aromatic carbocycles. The molecule has 0 amide bonds. The van der Waals surface area contributed by atoms with Gasteiger partial charge in [0.2, 0.25) is 0 Å². The van der Waals surface area contributed by atoms with Crippen molar-refractivity contribution in [1.82, 2.24) is 9.80 Å².